The second-order valence-corrected chi connectivity index (χ2v) is 8.50. The number of ether oxygens (including phenoxy) is 1. The fourth-order valence-electron chi connectivity index (χ4n) is 3.81. The van der Waals surface area contributed by atoms with Gasteiger partial charge in [-0.05, 0) is 43.3 Å². The van der Waals surface area contributed by atoms with Crippen molar-refractivity contribution in [3.8, 4) is 11.5 Å². The van der Waals surface area contributed by atoms with E-state index in [0.29, 0.717) is 24.8 Å². The largest absolute Gasteiger partial charge is 0.507 e. The molecule has 170 valence electrons. The first kappa shape index (κ1) is 23.3. The molecule has 0 unspecified atom stereocenters. The van der Waals surface area contributed by atoms with Crippen molar-refractivity contribution >= 4 is 17.4 Å². The number of phenolic OH excluding ortho intramolecular Hbond substituents is 1. The van der Waals surface area contributed by atoms with E-state index in [-0.39, 0.29) is 16.9 Å². The fourth-order valence-corrected chi connectivity index (χ4v) is 3.81. The van der Waals surface area contributed by atoms with Crippen LogP contribution in [0.3, 0.4) is 0 Å². The van der Waals surface area contributed by atoms with Gasteiger partial charge < -0.3 is 24.7 Å². The molecule has 2 N–H and O–H groups in total. The average Bonchev–Trinajstić information content (AvgIpc) is 3.01. The number of phenols is 1. The van der Waals surface area contributed by atoms with E-state index in [0.717, 1.165) is 11.1 Å². The van der Waals surface area contributed by atoms with E-state index >= 15 is 0 Å². The van der Waals surface area contributed by atoms with E-state index in [4.69, 9.17) is 4.74 Å². The van der Waals surface area contributed by atoms with Gasteiger partial charge in [0.15, 0.2) is 0 Å². The number of carbonyl (C=O) groups excluding carboxylic acids is 2. The average molecular weight is 439 g/mol. The summed E-state index contributed by atoms with van der Waals surface area (Å²) in [6.45, 7) is 5.05. The number of amides is 1. The maximum absolute atomic E-state index is 13.0. The van der Waals surface area contributed by atoms with Crippen LogP contribution in [0.1, 0.15) is 42.5 Å². The molecule has 1 heterocycles. The summed E-state index contributed by atoms with van der Waals surface area (Å²) in [5.74, 6) is -1.34. The molecule has 1 atom stereocenters. The fraction of sp³-hybridized carbons (Fsp3) is 0.360. The Morgan fingerprint density at radius 1 is 1.12 bits per heavy atom. The number of aliphatic hydroxyl groups is 1. The second kappa shape index (κ2) is 9.44. The molecule has 0 aliphatic carbocycles. The van der Waals surface area contributed by atoms with Crippen LogP contribution in [0.4, 0.5) is 0 Å². The van der Waals surface area contributed by atoms with Crippen LogP contribution in [0.15, 0.2) is 48.0 Å². The van der Waals surface area contributed by atoms with E-state index in [1.165, 1.54) is 24.1 Å². The number of benzene rings is 2. The van der Waals surface area contributed by atoms with Crippen molar-refractivity contribution in [2.45, 2.75) is 25.8 Å². The van der Waals surface area contributed by atoms with Crippen molar-refractivity contribution in [3.05, 3.63) is 64.7 Å². The lowest BCUT2D eigenvalue weighted by molar-refractivity contribution is -0.140. The molecule has 0 saturated carbocycles. The van der Waals surface area contributed by atoms with E-state index in [2.05, 4.69) is 13.8 Å². The molecule has 7 nitrogen and oxygen atoms in total. The van der Waals surface area contributed by atoms with Crippen LogP contribution >= 0.6 is 0 Å². The molecular formula is C25H30N2O5. The Bertz CT molecular complexity index is 1040. The van der Waals surface area contributed by atoms with Gasteiger partial charge in [-0.3, -0.25) is 9.59 Å². The minimum atomic E-state index is -0.769. The number of Topliss-reactive ketones (excluding diaryl/α,β-unsaturated/α-hetero) is 1. The first-order valence-electron chi connectivity index (χ1n) is 10.6. The zero-order valence-electron chi connectivity index (χ0n) is 19.1. The smallest absolute Gasteiger partial charge is 0.295 e. The van der Waals surface area contributed by atoms with Crippen LogP contribution in [0.5, 0.6) is 11.5 Å². The third-order valence-electron chi connectivity index (χ3n) is 5.71. The monoisotopic (exact) mass is 438 g/mol. The van der Waals surface area contributed by atoms with Gasteiger partial charge in [0.05, 0.1) is 24.3 Å². The van der Waals surface area contributed by atoms with Crippen molar-refractivity contribution in [1.82, 2.24) is 9.80 Å². The Labute approximate surface area is 188 Å². The summed E-state index contributed by atoms with van der Waals surface area (Å²) in [6, 6.07) is 11.3. The minimum Gasteiger partial charge on any atom is -0.507 e. The predicted octanol–water partition coefficient (Wildman–Crippen LogP) is 3.51. The molecule has 0 spiro atoms. The summed E-state index contributed by atoms with van der Waals surface area (Å²) in [5, 5.41) is 21.5. The van der Waals surface area contributed by atoms with Gasteiger partial charge in [-0.15, -0.1) is 0 Å². The van der Waals surface area contributed by atoms with Gasteiger partial charge in [0.1, 0.15) is 17.3 Å². The lowest BCUT2D eigenvalue weighted by Gasteiger charge is -2.27. The molecule has 2 aromatic carbocycles. The quantitative estimate of drug-likeness (QED) is 0.391. The highest BCUT2D eigenvalue weighted by molar-refractivity contribution is 6.46. The number of methoxy groups -OCH3 is 1. The second-order valence-electron chi connectivity index (χ2n) is 8.50. The summed E-state index contributed by atoms with van der Waals surface area (Å²) in [7, 11) is 5.24. The van der Waals surface area contributed by atoms with Crippen LogP contribution in [-0.2, 0) is 9.59 Å². The number of carbonyl (C=O) groups is 2. The molecule has 1 amide bonds. The van der Waals surface area contributed by atoms with E-state index < -0.39 is 23.5 Å². The van der Waals surface area contributed by atoms with E-state index in [1.807, 2.05) is 43.3 Å². The van der Waals surface area contributed by atoms with E-state index in [9.17, 15) is 19.8 Å². The predicted molar refractivity (Wildman–Crippen MR) is 123 cm³/mol. The maximum Gasteiger partial charge on any atom is 0.295 e. The highest BCUT2D eigenvalue weighted by Crippen LogP contribution is 2.41. The van der Waals surface area contributed by atoms with Gasteiger partial charge >= 0.3 is 0 Å². The Hall–Kier alpha value is -3.32. The highest BCUT2D eigenvalue weighted by atomic mass is 16.5. The van der Waals surface area contributed by atoms with Crippen LogP contribution in [0.25, 0.3) is 5.76 Å². The number of likely N-dealkylation sites (tertiary alicyclic amines) is 1. The van der Waals surface area contributed by atoms with Gasteiger partial charge in [0.25, 0.3) is 11.7 Å². The molecule has 32 heavy (non-hydrogen) atoms. The SMILES string of the molecule is COc1ccc(C(O)=C2C(=O)C(=O)N(CCN(C)C)[C@H]2c2ccc(C(C)C)cc2)c(O)c1. The number of likely N-dealkylation sites (N-methyl/N-ethyl adjacent to an activating group) is 1. The normalized spacial score (nSPS) is 18.1. The zero-order chi connectivity index (χ0) is 23.6. The van der Waals surface area contributed by atoms with Crippen LogP contribution in [-0.4, -0.2) is 66.0 Å². The summed E-state index contributed by atoms with van der Waals surface area (Å²) < 4.78 is 5.09. The van der Waals surface area contributed by atoms with Crippen molar-refractivity contribution in [2.75, 3.05) is 34.3 Å². The van der Waals surface area contributed by atoms with Crippen molar-refractivity contribution < 1.29 is 24.5 Å². The number of hydrogen-bond donors (Lipinski definition) is 2. The standard InChI is InChI=1S/C25H30N2O5/c1-15(2)16-6-8-17(9-7-16)22-21(24(30)25(31)27(22)13-12-26(3)4)23(29)19-11-10-18(32-5)14-20(19)28/h6-11,14-15,22,28-29H,12-13H2,1-5H3/t22-/m0/s1. The molecule has 0 bridgehead atoms. The topological polar surface area (TPSA) is 90.3 Å². The highest BCUT2D eigenvalue weighted by Gasteiger charge is 2.46. The molecule has 1 fully saturated rings. The molecule has 0 aromatic heterocycles. The Morgan fingerprint density at radius 2 is 1.78 bits per heavy atom. The number of nitrogens with zero attached hydrogens (tertiary/aromatic N) is 2. The molecule has 7 heteroatoms. The lowest BCUT2D eigenvalue weighted by atomic mass is 9.93. The summed E-state index contributed by atoms with van der Waals surface area (Å²) in [6.07, 6.45) is 0. The summed E-state index contributed by atoms with van der Waals surface area (Å²) >= 11 is 0. The number of hydrogen-bond acceptors (Lipinski definition) is 6. The van der Waals surface area contributed by atoms with Gasteiger partial charge in [-0.25, -0.2) is 0 Å². The number of aliphatic hydroxyl groups excluding tert-OH is 1. The number of ketones is 1. The maximum atomic E-state index is 13.0. The van der Waals surface area contributed by atoms with Crippen LogP contribution in [0, 0.1) is 0 Å². The molecule has 2 aromatic rings. The van der Waals surface area contributed by atoms with Crippen molar-refractivity contribution in [3.63, 3.8) is 0 Å². The van der Waals surface area contributed by atoms with Gasteiger partial charge in [0, 0.05) is 19.2 Å². The molecular weight excluding hydrogens is 408 g/mol. The number of rotatable bonds is 7. The van der Waals surface area contributed by atoms with Crippen LogP contribution in [0.2, 0.25) is 0 Å². The van der Waals surface area contributed by atoms with Crippen LogP contribution < -0.4 is 4.74 Å². The summed E-state index contributed by atoms with van der Waals surface area (Å²) in [4.78, 5) is 29.4. The molecule has 3 rings (SSSR count). The molecule has 1 saturated heterocycles. The number of aromatic hydroxyl groups is 1. The Kier molecular flexibility index (Phi) is 6.89. The first-order chi connectivity index (χ1) is 15.1. The van der Waals surface area contributed by atoms with Crippen molar-refractivity contribution in [1.29, 1.82) is 0 Å². The Morgan fingerprint density at radius 3 is 2.31 bits per heavy atom. The lowest BCUT2D eigenvalue weighted by Crippen LogP contribution is -2.35. The van der Waals surface area contributed by atoms with Gasteiger partial charge in [-0.1, -0.05) is 38.1 Å². The Balaban J connectivity index is 2.15. The molecule has 0 radical (unpaired) electrons. The third-order valence-corrected chi connectivity index (χ3v) is 5.71. The third kappa shape index (κ3) is 4.48. The van der Waals surface area contributed by atoms with Gasteiger partial charge in [0.2, 0.25) is 0 Å². The first-order valence-corrected chi connectivity index (χ1v) is 10.6. The van der Waals surface area contributed by atoms with E-state index in [1.54, 1.807) is 6.07 Å². The van der Waals surface area contributed by atoms with Gasteiger partial charge in [-0.2, -0.15) is 0 Å². The molecule has 1 aliphatic heterocycles. The molecule has 1 aliphatic rings. The zero-order valence-corrected chi connectivity index (χ0v) is 19.1. The summed E-state index contributed by atoms with van der Waals surface area (Å²) in [5.41, 5.74) is 1.89. The van der Waals surface area contributed by atoms with Crippen molar-refractivity contribution in [2.24, 2.45) is 0 Å². The minimum absolute atomic E-state index is 0.0356.